The zero-order chi connectivity index (χ0) is 18.2. The zero-order valence-corrected chi connectivity index (χ0v) is 16.7. The number of anilines is 2. The van der Waals surface area contributed by atoms with E-state index in [0.29, 0.717) is 0 Å². The largest absolute Gasteiger partial charge is 0.371 e. The second-order valence-electron chi connectivity index (χ2n) is 7.96. The Balaban J connectivity index is 1.39. The zero-order valence-electron chi connectivity index (χ0n) is 15.9. The Labute approximate surface area is 164 Å². The topological polar surface area (TPSA) is 32.3 Å². The highest BCUT2D eigenvalue weighted by atomic mass is 32.1. The van der Waals surface area contributed by atoms with Crippen molar-refractivity contribution in [3.05, 3.63) is 36.5 Å². The van der Waals surface area contributed by atoms with Gasteiger partial charge >= 0.3 is 0 Å². The fraction of sp³-hybridized carbons (Fsp3) is 0.455. The molecule has 2 fully saturated rings. The highest BCUT2D eigenvalue weighted by Gasteiger charge is 2.20. The van der Waals surface area contributed by atoms with Gasteiger partial charge in [-0.05, 0) is 61.9 Å². The normalized spacial score (nSPS) is 20.6. The highest BCUT2D eigenvalue weighted by Crippen LogP contribution is 2.33. The number of rotatable bonds is 3. The smallest absolute Gasteiger partial charge is 0.128 e. The number of benzene rings is 1. The summed E-state index contributed by atoms with van der Waals surface area (Å²) in [5.74, 6) is 1.86. The molecular weight excluding hydrogens is 352 g/mol. The van der Waals surface area contributed by atoms with Crippen LogP contribution in [0.25, 0.3) is 20.8 Å². The lowest BCUT2D eigenvalue weighted by Gasteiger charge is -2.28. The van der Waals surface area contributed by atoms with E-state index in [-0.39, 0.29) is 0 Å². The Morgan fingerprint density at radius 1 is 1.00 bits per heavy atom. The van der Waals surface area contributed by atoms with Crippen LogP contribution in [0.4, 0.5) is 11.5 Å². The van der Waals surface area contributed by atoms with E-state index in [9.17, 15) is 0 Å². The minimum atomic E-state index is 0.768. The van der Waals surface area contributed by atoms with Crippen LogP contribution < -0.4 is 9.80 Å². The number of nitrogens with zero attached hydrogens (tertiary/aromatic N) is 4. The van der Waals surface area contributed by atoms with Crippen LogP contribution in [0.2, 0.25) is 0 Å². The first kappa shape index (κ1) is 17.0. The first-order valence-electron chi connectivity index (χ1n) is 10.1. The third kappa shape index (κ3) is 3.41. The maximum atomic E-state index is 4.85. The molecule has 5 heteroatoms. The Morgan fingerprint density at radius 3 is 2.63 bits per heavy atom. The summed E-state index contributed by atoms with van der Waals surface area (Å²) >= 11 is 1.78. The maximum Gasteiger partial charge on any atom is 0.128 e. The number of thiazole rings is 1. The van der Waals surface area contributed by atoms with Gasteiger partial charge in [0.15, 0.2) is 0 Å². The Morgan fingerprint density at radius 2 is 1.89 bits per heavy atom. The molecule has 2 saturated heterocycles. The van der Waals surface area contributed by atoms with E-state index in [0.717, 1.165) is 40.9 Å². The molecule has 2 aliphatic heterocycles. The van der Waals surface area contributed by atoms with Crippen LogP contribution in [0.15, 0.2) is 36.5 Å². The molecule has 0 aliphatic carbocycles. The molecule has 0 N–H and O–H groups in total. The third-order valence-corrected chi connectivity index (χ3v) is 6.90. The van der Waals surface area contributed by atoms with Crippen molar-refractivity contribution in [1.82, 2.24) is 9.97 Å². The number of hydrogen-bond donors (Lipinski definition) is 0. The van der Waals surface area contributed by atoms with Gasteiger partial charge in [-0.25, -0.2) is 9.97 Å². The number of piperidine rings is 1. The second kappa shape index (κ2) is 7.12. The monoisotopic (exact) mass is 378 g/mol. The molecule has 0 saturated carbocycles. The molecule has 0 spiro atoms. The number of pyridine rings is 1. The molecule has 2 aromatic heterocycles. The van der Waals surface area contributed by atoms with Gasteiger partial charge in [-0.1, -0.05) is 6.92 Å². The van der Waals surface area contributed by atoms with Crippen LogP contribution in [0.1, 0.15) is 32.6 Å². The number of fused-ring (bicyclic) bond motifs is 1. The predicted molar refractivity (Wildman–Crippen MR) is 115 cm³/mol. The number of aromatic nitrogens is 2. The Hall–Kier alpha value is -2.14. The standard InChI is InChI=1S/C22H26N4S/c1-16-9-12-26(15-16)21-8-5-17(14-23-21)22-24-19-7-6-18(13-20(19)27-22)25-10-3-2-4-11-25/h5-8,13-14,16H,2-4,9-12,15H2,1H3. The quantitative estimate of drug-likeness (QED) is 0.627. The highest BCUT2D eigenvalue weighted by molar-refractivity contribution is 7.21. The van der Waals surface area contributed by atoms with Crippen LogP contribution in [0.3, 0.4) is 0 Å². The van der Waals surface area contributed by atoms with E-state index in [1.807, 2.05) is 6.20 Å². The minimum absolute atomic E-state index is 0.768. The lowest BCUT2D eigenvalue weighted by atomic mass is 10.1. The van der Waals surface area contributed by atoms with Crippen LogP contribution in [0, 0.1) is 5.92 Å². The fourth-order valence-corrected chi connectivity index (χ4v) is 5.22. The summed E-state index contributed by atoms with van der Waals surface area (Å²) in [5, 5.41) is 1.06. The molecule has 0 radical (unpaired) electrons. The lowest BCUT2D eigenvalue weighted by molar-refractivity contribution is 0.578. The van der Waals surface area contributed by atoms with E-state index in [1.165, 1.54) is 49.2 Å². The van der Waals surface area contributed by atoms with Crippen molar-refractivity contribution < 1.29 is 0 Å². The predicted octanol–water partition coefficient (Wildman–Crippen LogP) is 5.19. The third-order valence-electron chi connectivity index (χ3n) is 5.84. The average Bonchev–Trinajstić information content (AvgIpc) is 3.34. The molecule has 27 heavy (non-hydrogen) atoms. The minimum Gasteiger partial charge on any atom is -0.371 e. The van der Waals surface area contributed by atoms with Crippen molar-refractivity contribution in [3.8, 4) is 10.6 Å². The van der Waals surface area contributed by atoms with E-state index < -0.39 is 0 Å². The van der Waals surface area contributed by atoms with Gasteiger partial charge in [0.1, 0.15) is 10.8 Å². The maximum absolute atomic E-state index is 4.85. The number of hydrogen-bond acceptors (Lipinski definition) is 5. The summed E-state index contributed by atoms with van der Waals surface area (Å²) in [6, 6.07) is 11.0. The van der Waals surface area contributed by atoms with E-state index in [4.69, 9.17) is 9.97 Å². The van der Waals surface area contributed by atoms with Crippen molar-refractivity contribution >= 4 is 33.1 Å². The molecule has 1 unspecified atom stereocenters. The van der Waals surface area contributed by atoms with Crippen molar-refractivity contribution in [2.24, 2.45) is 5.92 Å². The average molecular weight is 379 g/mol. The summed E-state index contributed by atoms with van der Waals surface area (Å²) in [6.45, 7) is 6.91. The van der Waals surface area contributed by atoms with Gasteiger partial charge in [0.05, 0.1) is 10.2 Å². The van der Waals surface area contributed by atoms with Gasteiger partial charge in [0.25, 0.3) is 0 Å². The fourth-order valence-electron chi connectivity index (χ4n) is 4.23. The van der Waals surface area contributed by atoms with Gasteiger partial charge in [0.2, 0.25) is 0 Å². The summed E-state index contributed by atoms with van der Waals surface area (Å²) < 4.78 is 1.27. The molecule has 140 valence electrons. The molecule has 2 aliphatic rings. The van der Waals surface area contributed by atoms with Gasteiger partial charge in [-0.3, -0.25) is 0 Å². The summed E-state index contributed by atoms with van der Waals surface area (Å²) in [4.78, 5) is 14.5. The van der Waals surface area contributed by atoms with Gasteiger partial charge in [-0.15, -0.1) is 11.3 Å². The summed E-state index contributed by atoms with van der Waals surface area (Å²) in [6.07, 6.45) is 7.23. The molecule has 1 aromatic carbocycles. The SMILES string of the molecule is CC1CCN(c2ccc(-c3nc4ccc(N5CCCCC5)cc4s3)cn2)C1. The van der Waals surface area contributed by atoms with E-state index in [1.54, 1.807) is 11.3 Å². The van der Waals surface area contributed by atoms with Gasteiger partial charge in [0, 0.05) is 43.6 Å². The van der Waals surface area contributed by atoms with E-state index >= 15 is 0 Å². The first-order chi connectivity index (χ1) is 13.3. The van der Waals surface area contributed by atoms with Crippen molar-refractivity contribution in [3.63, 3.8) is 0 Å². The lowest BCUT2D eigenvalue weighted by Crippen LogP contribution is -2.29. The molecule has 3 aromatic rings. The van der Waals surface area contributed by atoms with Gasteiger partial charge in [-0.2, -0.15) is 0 Å². The van der Waals surface area contributed by atoms with Crippen molar-refractivity contribution in [2.45, 2.75) is 32.6 Å². The molecule has 0 amide bonds. The summed E-state index contributed by atoms with van der Waals surface area (Å²) in [7, 11) is 0. The Bertz CT molecular complexity index is 927. The molecule has 4 nitrogen and oxygen atoms in total. The van der Waals surface area contributed by atoms with E-state index in [2.05, 4.69) is 47.1 Å². The molecule has 5 rings (SSSR count). The first-order valence-corrected chi connectivity index (χ1v) is 10.9. The van der Waals surface area contributed by atoms with Crippen molar-refractivity contribution in [2.75, 3.05) is 36.0 Å². The second-order valence-corrected chi connectivity index (χ2v) is 8.99. The molecule has 0 bridgehead atoms. The van der Waals surface area contributed by atoms with Gasteiger partial charge < -0.3 is 9.80 Å². The molecular formula is C22H26N4S. The molecule has 1 atom stereocenters. The summed E-state index contributed by atoms with van der Waals surface area (Å²) in [5.41, 5.74) is 3.55. The van der Waals surface area contributed by atoms with Crippen molar-refractivity contribution in [1.29, 1.82) is 0 Å². The molecule has 4 heterocycles. The van der Waals surface area contributed by atoms with Crippen LogP contribution >= 0.6 is 11.3 Å². The van der Waals surface area contributed by atoms with Crippen LogP contribution in [-0.2, 0) is 0 Å². The van der Waals surface area contributed by atoms with Crippen LogP contribution in [0.5, 0.6) is 0 Å². The van der Waals surface area contributed by atoms with Crippen LogP contribution in [-0.4, -0.2) is 36.1 Å². The Kier molecular flexibility index (Phi) is 4.48.